The first-order valence-corrected chi connectivity index (χ1v) is 6.15. The van der Waals surface area contributed by atoms with Crippen LogP contribution in [0.5, 0.6) is 0 Å². The highest BCUT2D eigenvalue weighted by Gasteiger charge is 2.30. The van der Waals surface area contributed by atoms with Crippen molar-refractivity contribution in [2.45, 2.75) is 26.6 Å². The second kappa shape index (κ2) is 9.04. The number of rotatable bonds is 4. The minimum absolute atomic E-state index is 0. The van der Waals surface area contributed by atoms with Gasteiger partial charge in [-0.05, 0) is 31.5 Å². The molecule has 20 heavy (non-hydrogen) atoms. The van der Waals surface area contributed by atoms with Crippen molar-refractivity contribution in [2.24, 2.45) is 4.99 Å². The van der Waals surface area contributed by atoms with Crippen LogP contribution in [0.15, 0.2) is 29.3 Å². The number of alkyl halides is 3. The van der Waals surface area contributed by atoms with Crippen molar-refractivity contribution in [3.63, 3.8) is 0 Å². The van der Waals surface area contributed by atoms with Crippen molar-refractivity contribution in [3.05, 3.63) is 35.4 Å². The second-order valence-electron chi connectivity index (χ2n) is 3.92. The molecule has 114 valence electrons. The van der Waals surface area contributed by atoms with Crippen LogP contribution in [0.4, 0.5) is 13.2 Å². The van der Waals surface area contributed by atoms with Gasteiger partial charge in [-0.25, -0.2) is 4.99 Å². The van der Waals surface area contributed by atoms with Crippen LogP contribution in [-0.4, -0.2) is 19.0 Å². The van der Waals surface area contributed by atoms with Gasteiger partial charge in [0.05, 0.1) is 12.1 Å². The molecule has 0 bridgehead atoms. The Kier molecular flexibility index (Phi) is 8.59. The van der Waals surface area contributed by atoms with Crippen molar-refractivity contribution in [1.29, 1.82) is 0 Å². The molecule has 0 aliphatic heterocycles. The normalized spacial score (nSPS) is 10.4. The lowest BCUT2D eigenvalue weighted by Crippen LogP contribution is -2.36. The van der Waals surface area contributed by atoms with Crippen LogP contribution in [0.25, 0.3) is 0 Å². The molecule has 1 rings (SSSR count). The van der Waals surface area contributed by atoms with Gasteiger partial charge in [-0.3, -0.25) is 0 Å². The Balaban J connectivity index is 0.00000361. The summed E-state index contributed by atoms with van der Waals surface area (Å²) in [6.07, 6.45) is -4.31. The van der Waals surface area contributed by atoms with Gasteiger partial charge in [-0.1, -0.05) is 12.1 Å². The predicted octanol–water partition coefficient (Wildman–Crippen LogP) is 3.40. The van der Waals surface area contributed by atoms with Crippen LogP contribution < -0.4 is 10.6 Å². The Hall–Kier alpha value is -0.990. The fraction of sp³-hybridized carbons (Fsp3) is 0.462. The van der Waals surface area contributed by atoms with E-state index in [9.17, 15) is 13.2 Å². The van der Waals surface area contributed by atoms with Gasteiger partial charge in [-0.15, -0.1) is 24.0 Å². The van der Waals surface area contributed by atoms with Gasteiger partial charge < -0.3 is 10.6 Å². The lowest BCUT2D eigenvalue weighted by Gasteiger charge is -2.10. The van der Waals surface area contributed by atoms with E-state index in [4.69, 9.17) is 0 Å². The van der Waals surface area contributed by atoms with E-state index in [0.29, 0.717) is 24.6 Å². The maximum atomic E-state index is 12.5. The zero-order valence-corrected chi connectivity index (χ0v) is 13.8. The summed E-state index contributed by atoms with van der Waals surface area (Å²) in [6.45, 7) is 5.47. The first-order chi connectivity index (χ1) is 8.97. The SMILES string of the molecule is CCNC(=NCc1cccc(C(F)(F)F)c1)NCC.I. The van der Waals surface area contributed by atoms with Crippen molar-refractivity contribution < 1.29 is 13.2 Å². The maximum Gasteiger partial charge on any atom is 0.416 e. The van der Waals surface area contributed by atoms with Gasteiger partial charge in [0, 0.05) is 13.1 Å². The molecule has 0 unspecified atom stereocenters. The second-order valence-corrected chi connectivity index (χ2v) is 3.92. The van der Waals surface area contributed by atoms with Crippen LogP contribution >= 0.6 is 24.0 Å². The summed E-state index contributed by atoms with van der Waals surface area (Å²) >= 11 is 0. The molecular weight excluding hydrogens is 382 g/mol. The summed E-state index contributed by atoms with van der Waals surface area (Å²) in [6, 6.07) is 5.21. The van der Waals surface area contributed by atoms with Crippen LogP contribution in [0.2, 0.25) is 0 Å². The van der Waals surface area contributed by atoms with Crippen LogP contribution in [0, 0.1) is 0 Å². The van der Waals surface area contributed by atoms with E-state index < -0.39 is 11.7 Å². The summed E-state index contributed by atoms with van der Waals surface area (Å²) in [5.74, 6) is 0.599. The molecule has 7 heteroatoms. The van der Waals surface area contributed by atoms with Crippen molar-refractivity contribution in [2.75, 3.05) is 13.1 Å². The van der Waals surface area contributed by atoms with Gasteiger partial charge >= 0.3 is 6.18 Å². The third-order valence-electron chi connectivity index (χ3n) is 2.36. The number of benzene rings is 1. The average molecular weight is 401 g/mol. The van der Waals surface area contributed by atoms with E-state index in [1.54, 1.807) is 6.07 Å². The first kappa shape index (κ1) is 19.0. The van der Waals surface area contributed by atoms with E-state index in [1.165, 1.54) is 6.07 Å². The number of nitrogens with zero attached hydrogens (tertiary/aromatic N) is 1. The number of aliphatic imine (C=N–C) groups is 1. The number of hydrogen-bond donors (Lipinski definition) is 2. The highest BCUT2D eigenvalue weighted by Crippen LogP contribution is 2.29. The summed E-state index contributed by atoms with van der Waals surface area (Å²) in [5, 5.41) is 6.03. The predicted molar refractivity (Wildman–Crippen MR) is 85.4 cm³/mol. The topological polar surface area (TPSA) is 36.4 Å². The quantitative estimate of drug-likeness (QED) is 0.461. The summed E-state index contributed by atoms with van der Waals surface area (Å²) in [5.41, 5.74) is -0.114. The lowest BCUT2D eigenvalue weighted by molar-refractivity contribution is -0.137. The van der Waals surface area contributed by atoms with Gasteiger partial charge in [0.15, 0.2) is 5.96 Å². The molecule has 0 saturated carbocycles. The molecule has 0 radical (unpaired) electrons. The fourth-order valence-electron chi connectivity index (χ4n) is 1.53. The number of nitrogens with one attached hydrogen (secondary N) is 2. The third-order valence-corrected chi connectivity index (χ3v) is 2.36. The zero-order valence-electron chi connectivity index (χ0n) is 11.4. The number of halogens is 4. The van der Waals surface area contributed by atoms with E-state index in [0.717, 1.165) is 12.1 Å². The molecule has 0 fully saturated rings. The highest BCUT2D eigenvalue weighted by molar-refractivity contribution is 14.0. The number of hydrogen-bond acceptors (Lipinski definition) is 1. The molecule has 0 spiro atoms. The first-order valence-electron chi connectivity index (χ1n) is 6.15. The van der Waals surface area contributed by atoms with E-state index in [2.05, 4.69) is 15.6 Å². The van der Waals surface area contributed by atoms with Gasteiger partial charge in [0.25, 0.3) is 0 Å². The fourth-order valence-corrected chi connectivity index (χ4v) is 1.53. The minimum Gasteiger partial charge on any atom is -0.357 e. The Bertz CT molecular complexity index is 425. The molecule has 1 aromatic carbocycles. The molecule has 0 amide bonds. The van der Waals surface area contributed by atoms with Crippen LogP contribution in [-0.2, 0) is 12.7 Å². The largest absolute Gasteiger partial charge is 0.416 e. The molecule has 0 heterocycles. The molecule has 1 aromatic rings. The average Bonchev–Trinajstić information content (AvgIpc) is 2.36. The maximum absolute atomic E-state index is 12.5. The van der Waals surface area contributed by atoms with Crippen molar-refractivity contribution in [1.82, 2.24) is 10.6 Å². The molecule has 3 nitrogen and oxygen atoms in total. The Morgan fingerprint density at radius 2 is 1.75 bits per heavy atom. The van der Waals surface area contributed by atoms with Gasteiger partial charge in [0.1, 0.15) is 0 Å². The zero-order chi connectivity index (χ0) is 14.3. The molecule has 2 N–H and O–H groups in total. The summed E-state index contributed by atoms with van der Waals surface area (Å²) in [4.78, 5) is 4.22. The molecular formula is C13H19F3IN3. The monoisotopic (exact) mass is 401 g/mol. The summed E-state index contributed by atoms with van der Waals surface area (Å²) in [7, 11) is 0. The standard InChI is InChI=1S/C13H18F3N3.HI/c1-3-17-12(18-4-2)19-9-10-6-5-7-11(8-10)13(14,15)16;/h5-8H,3-4,9H2,1-2H3,(H2,17,18,19);1H. The van der Waals surface area contributed by atoms with Gasteiger partial charge in [0.2, 0.25) is 0 Å². The van der Waals surface area contributed by atoms with E-state index in [-0.39, 0.29) is 30.5 Å². The smallest absolute Gasteiger partial charge is 0.357 e. The van der Waals surface area contributed by atoms with Crippen LogP contribution in [0.3, 0.4) is 0 Å². The van der Waals surface area contributed by atoms with E-state index >= 15 is 0 Å². The molecule has 0 atom stereocenters. The molecule has 0 aromatic heterocycles. The molecule has 0 aliphatic carbocycles. The highest BCUT2D eigenvalue weighted by atomic mass is 127. The van der Waals surface area contributed by atoms with Crippen molar-refractivity contribution >= 4 is 29.9 Å². The van der Waals surface area contributed by atoms with Gasteiger partial charge in [-0.2, -0.15) is 13.2 Å². The Morgan fingerprint density at radius 3 is 2.25 bits per heavy atom. The number of guanidine groups is 1. The van der Waals surface area contributed by atoms with E-state index in [1.807, 2.05) is 13.8 Å². The third kappa shape index (κ3) is 6.44. The molecule has 0 aliphatic rings. The lowest BCUT2D eigenvalue weighted by atomic mass is 10.1. The summed E-state index contributed by atoms with van der Waals surface area (Å²) < 4.78 is 37.6. The van der Waals surface area contributed by atoms with Crippen molar-refractivity contribution in [3.8, 4) is 0 Å². The van der Waals surface area contributed by atoms with Crippen LogP contribution in [0.1, 0.15) is 25.0 Å². The minimum atomic E-state index is -4.31. The Labute approximate surface area is 134 Å². The molecule has 0 saturated heterocycles. The Morgan fingerprint density at radius 1 is 1.15 bits per heavy atom.